The van der Waals surface area contributed by atoms with Gasteiger partial charge in [-0.3, -0.25) is 9.59 Å². The van der Waals surface area contributed by atoms with E-state index >= 15 is 0 Å². The minimum absolute atomic E-state index is 0.0368. The molecule has 1 amide bonds. The Morgan fingerprint density at radius 3 is 2.58 bits per heavy atom. The average molecular weight is 355 g/mol. The Kier molecular flexibility index (Phi) is 4.88. The number of fused-ring (bicyclic) bond motifs is 3. The Balaban J connectivity index is 1.84. The lowest BCUT2D eigenvalue weighted by atomic mass is 10.0. The summed E-state index contributed by atoms with van der Waals surface area (Å²) in [5.41, 5.74) is 0.598. The number of carboxylic acid groups (broad SMARTS) is 1. The quantitative estimate of drug-likeness (QED) is 0.519. The normalized spacial score (nSPS) is 10.8. The van der Waals surface area contributed by atoms with Gasteiger partial charge in [0.25, 0.3) is 5.91 Å². The van der Waals surface area contributed by atoms with Gasteiger partial charge in [-0.25, -0.2) is 4.79 Å². The molecule has 0 aliphatic carbocycles. The number of nitrogens with one attached hydrogen (secondary N) is 1. The Hall–Kier alpha value is -3.35. The van der Waals surface area contributed by atoms with Crippen LogP contribution in [0, 0.1) is 6.92 Å². The van der Waals surface area contributed by atoms with Crippen LogP contribution < -0.4 is 15.7 Å². The maximum Gasteiger partial charge on any atom is 0.344 e. The number of ether oxygens (including phenoxy) is 1. The van der Waals surface area contributed by atoms with Gasteiger partial charge in [-0.05, 0) is 30.5 Å². The van der Waals surface area contributed by atoms with Gasteiger partial charge in [0.05, 0.1) is 11.8 Å². The molecule has 0 unspecified atom stereocenters. The number of hydrogen-bond donors (Lipinski definition) is 2. The molecule has 2 N–H and O–H groups in total. The summed E-state index contributed by atoms with van der Waals surface area (Å²) in [4.78, 5) is 34.3. The number of aliphatic carboxylic acids is 1. The van der Waals surface area contributed by atoms with Crippen molar-refractivity contribution in [3.8, 4) is 5.75 Å². The van der Waals surface area contributed by atoms with Gasteiger partial charge >= 0.3 is 11.6 Å². The Morgan fingerprint density at radius 2 is 1.85 bits per heavy atom. The molecule has 0 spiro atoms. The first kappa shape index (κ1) is 17.5. The molecule has 2 aromatic carbocycles. The third-order valence-corrected chi connectivity index (χ3v) is 4.01. The second-order valence-electron chi connectivity index (χ2n) is 5.78. The summed E-state index contributed by atoms with van der Waals surface area (Å²) in [5.74, 6) is -0.992. The molecule has 1 aromatic heterocycles. The maximum absolute atomic E-state index is 12.2. The lowest BCUT2D eigenvalue weighted by Crippen LogP contribution is -2.30. The number of amides is 1. The van der Waals surface area contributed by atoms with Gasteiger partial charge in [0, 0.05) is 17.5 Å². The number of carboxylic acids is 1. The Morgan fingerprint density at radius 1 is 1.12 bits per heavy atom. The molecule has 0 aliphatic heterocycles. The van der Waals surface area contributed by atoms with Gasteiger partial charge in [0.2, 0.25) is 0 Å². The number of rotatable bonds is 6. The number of benzene rings is 2. The summed E-state index contributed by atoms with van der Waals surface area (Å²) in [6, 6.07) is 10.7. The number of aryl methyl sites for hydroxylation is 1. The topological polar surface area (TPSA) is 106 Å². The van der Waals surface area contributed by atoms with Crippen LogP contribution in [0.4, 0.5) is 0 Å². The van der Waals surface area contributed by atoms with E-state index in [1.165, 1.54) is 0 Å². The zero-order chi connectivity index (χ0) is 18.7. The molecular weight excluding hydrogens is 338 g/mol. The van der Waals surface area contributed by atoms with Gasteiger partial charge in [-0.2, -0.15) is 0 Å². The summed E-state index contributed by atoms with van der Waals surface area (Å²) in [6.07, 6.45) is -0.154. The smallest absolute Gasteiger partial charge is 0.344 e. The monoisotopic (exact) mass is 355 g/mol. The van der Waals surface area contributed by atoms with Crippen molar-refractivity contribution in [2.45, 2.75) is 13.3 Å². The fourth-order valence-corrected chi connectivity index (χ4v) is 2.72. The van der Waals surface area contributed by atoms with Gasteiger partial charge in [0.1, 0.15) is 11.3 Å². The number of carbonyl (C=O) groups excluding carboxylic acids is 1. The highest BCUT2D eigenvalue weighted by Crippen LogP contribution is 2.30. The fraction of sp³-hybridized carbons (Fsp3) is 0.211. The van der Waals surface area contributed by atoms with Crippen LogP contribution in [0.1, 0.15) is 12.0 Å². The molecule has 0 fully saturated rings. The van der Waals surface area contributed by atoms with Crippen molar-refractivity contribution in [3.05, 3.63) is 52.4 Å². The average Bonchev–Trinajstić information content (AvgIpc) is 2.62. The zero-order valence-electron chi connectivity index (χ0n) is 14.1. The third-order valence-electron chi connectivity index (χ3n) is 4.01. The molecule has 0 saturated heterocycles. The van der Waals surface area contributed by atoms with Crippen LogP contribution in [-0.2, 0) is 9.59 Å². The minimum Gasteiger partial charge on any atom is -0.483 e. The summed E-state index contributed by atoms with van der Waals surface area (Å²) in [7, 11) is 0. The van der Waals surface area contributed by atoms with E-state index in [-0.39, 0.29) is 19.6 Å². The maximum atomic E-state index is 12.2. The van der Waals surface area contributed by atoms with Gasteiger partial charge in [-0.1, -0.05) is 18.2 Å². The van der Waals surface area contributed by atoms with E-state index in [1.54, 1.807) is 31.2 Å². The van der Waals surface area contributed by atoms with Crippen LogP contribution in [0.25, 0.3) is 21.7 Å². The highest BCUT2D eigenvalue weighted by molar-refractivity contribution is 6.05. The first-order chi connectivity index (χ1) is 12.5. The van der Waals surface area contributed by atoms with E-state index in [2.05, 4.69) is 5.32 Å². The molecule has 0 bridgehead atoms. The molecular formula is C19H17NO6. The lowest BCUT2D eigenvalue weighted by Gasteiger charge is -2.11. The number of carbonyl (C=O) groups is 2. The summed E-state index contributed by atoms with van der Waals surface area (Å²) in [5, 5.41) is 13.1. The summed E-state index contributed by atoms with van der Waals surface area (Å²) < 4.78 is 10.9. The zero-order valence-corrected chi connectivity index (χ0v) is 14.1. The van der Waals surface area contributed by atoms with Crippen LogP contribution in [0.5, 0.6) is 5.75 Å². The van der Waals surface area contributed by atoms with Gasteiger partial charge in [0.15, 0.2) is 6.61 Å². The highest BCUT2D eigenvalue weighted by atomic mass is 16.5. The van der Waals surface area contributed by atoms with Crippen molar-refractivity contribution >= 4 is 33.6 Å². The molecule has 134 valence electrons. The molecule has 7 nitrogen and oxygen atoms in total. The summed E-state index contributed by atoms with van der Waals surface area (Å²) in [6.45, 7) is 1.52. The number of hydrogen-bond acceptors (Lipinski definition) is 5. The van der Waals surface area contributed by atoms with Crippen molar-refractivity contribution in [2.24, 2.45) is 0 Å². The lowest BCUT2D eigenvalue weighted by molar-refractivity contribution is -0.137. The van der Waals surface area contributed by atoms with E-state index < -0.39 is 17.5 Å². The van der Waals surface area contributed by atoms with Crippen molar-refractivity contribution in [1.82, 2.24) is 5.32 Å². The van der Waals surface area contributed by atoms with Gasteiger partial charge < -0.3 is 19.6 Å². The van der Waals surface area contributed by atoms with E-state index in [0.717, 1.165) is 10.8 Å². The Labute approximate surface area is 148 Å². The van der Waals surface area contributed by atoms with E-state index in [0.29, 0.717) is 22.3 Å². The third kappa shape index (κ3) is 3.51. The van der Waals surface area contributed by atoms with E-state index in [1.807, 2.05) is 12.1 Å². The predicted octanol–water partition coefficient (Wildman–Crippen LogP) is 2.22. The molecule has 26 heavy (non-hydrogen) atoms. The Bertz CT molecular complexity index is 1050. The molecule has 0 saturated carbocycles. The fourth-order valence-electron chi connectivity index (χ4n) is 2.72. The molecule has 0 atom stereocenters. The van der Waals surface area contributed by atoms with E-state index in [9.17, 15) is 14.4 Å². The van der Waals surface area contributed by atoms with Crippen molar-refractivity contribution in [1.29, 1.82) is 0 Å². The molecule has 0 aliphatic rings. The van der Waals surface area contributed by atoms with E-state index in [4.69, 9.17) is 14.3 Å². The minimum atomic E-state index is -0.987. The highest BCUT2D eigenvalue weighted by Gasteiger charge is 2.13. The van der Waals surface area contributed by atoms with Crippen LogP contribution in [-0.4, -0.2) is 30.1 Å². The van der Waals surface area contributed by atoms with Crippen molar-refractivity contribution in [2.75, 3.05) is 13.2 Å². The second kappa shape index (κ2) is 7.26. The van der Waals surface area contributed by atoms with Crippen LogP contribution in [0.3, 0.4) is 0 Å². The van der Waals surface area contributed by atoms with Gasteiger partial charge in [-0.15, -0.1) is 0 Å². The predicted molar refractivity (Wildman–Crippen MR) is 95.5 cm³/mol. The van der Waals surface area contributed by atoms with Crippen molar-refractivity contribution in [3.63, 3.8) is 0 Å². The SMILES string of the molecule is Cc1c(OCC(=O)NCCC(=O)O)ccc2c1oc(=O)c1ccccc12. The van der Waals surface area contributed by atoms with Crippen molar-refractivity contribution < 1.29 is 23.8 Å². The van der Waals surface area contributed by atoms with Crippen LogP contribution in [0.2, 0.25) is 0 Å². The molecule has 3 aromatic rings. The molecule has 0 radical (unpaired) electrons. The summed E-state index contributed by atoms with van der Waals surface area (Å²) >= 11 is 0. The second-order valence-corrected chi connectivity index (χ2v) is 5.78. The first-order valence-corrected chi connectivity index (χ1v) is 8.04. The largest absolute Gasteiger partial charge is 0.483 e. The first-order valence-electron chi connectivity index (χ1n) is 8.04. The van der Waals surface area contributed by atoms with Crippen LogP contribution >= 0.6 is 0 Å². The molecule has 7 heteroatoms. The standard InChI is InChI=1S/C19H17NO6/c1-11-15(25-10-16(21)20-9-8-17(22)23)7-6-13-12-4-2-3-5-14(12)19(24)26-18(11)13/h2-7H,8-10H2,1H3,(H,20,21)(H,22,23). The molecule has 1 heterocycles. The molecule has 3 rings (SSSR count). The van der Waals surface area contributed by atoms with Crippen LogP contribution in [0.15, 0.2) is 45.6 Å².